The third-order valence-electron chi connectivity index (χ3n) is 6.29. The topological polar surface area (TPSA) is 98.7 Å². The van der Waals surface area contributed by atoms with E-state index in [-0.39, 0.29) is 23.7 Å². The second-order valence-corrected chi connectivity index (χ2v) is 12.5. The first-order valence-electron chi connectivity index (χ1n) is 12.7. The third kappa shape index (κ3) is 6.35. The highest BCUT2D eigenvalue weighted by Crippen LogP contribution is 2.30. The van der Waals surface area contributed by atoms with E-state index in [1.165, 1.54) is 16.8 Å². The van der Waals surface area contributed by atoms with Crippen LogP contribution in [-0.2, 0) is 4.79 Å². The first-order valence-corrected chi connectivity index (χ1v) is 15.6. The van der Waals surface area contributed by atoms with Gasteiger partial charge >= 0.3 is 0 Å². The fourth-order valence-electron chi connectivity index (χ4n) is 4.32. The van der Waals surface area contributed by atoms with Crippen LogP contribution in [0.5, 0.6) is 5.75 Å². The zero-order valence-corrected chi connectivity index (χ0v) is 27.8. The first-order chi connectivity index (χ1) is 20.8. The molecule has 1 N–H and O–H groups in total. The third-order valence-corrected chi connectivity index (χ3v) is 8.39. The number of rotatable bonds is 7. The van der Waals surface area contributed by atoms with E-state index in [4.69, 9.17) is 14.1 Å². The number of carbonyl (C=O) groups is 1. The maximum atomic E-state index is 13.9. The molecule has 2 heterocycles. The molecule has 0 fully saturated rings. The minimum atomic E-state index is -0.527. The van der Waals surface area contributed by atoms with Crippen LogP contribution in [0, 0.1) is 13.0 Å². The highest BCUT2D eigenvalue weighted by molar-refractivity contribution is 14.1. The molecule has 2 aromatic heterocycles. The Hall–Kier alpha value is -3.63. The molecule has 0 atom stereocenters. The van der Waals surface area contributed by atoms with E-state index in [9.17, 15) is 14.0 Å². The van der Waals surface area contributed by atoms with Gasteiger partial charge in [0.05, 0.1) is 29.9 Å². The molecule has 0 bridgehead atoms. The van der Waals surface area contributed by atoms with Crippen LogP contribution in [0.15, 0.2) is 104 Å². The number of aromatic nitrogens is 2. The standard InChI is InChI=1S/C31H18BrFI2N4O4/c32-19-9-10-26-18(13-19)14-27(43-26)30-38-24-7-3-1-5-20(24)31(41)39(30)36-15-17-11-22(34)29(23(35)12-17)42-16-28(40)37-25-8-4-2-6-21(25)33/h1-15H,16H2,(H,37,40). The van der Waals surface area contributed by atoms with Crippen molar-refractivity contribution in [1.29, 1.82) is 0 Å². The largest absolute Gasteiger partial charge is 0.482 e. The van der Waals surface area contributed by atoms with Crippen LogP contribution in [0.2, 0.25) is 0 Å². The Labute approximate surface area is 279 Å². The average molecular weight is 863 g/mol. The van der Waals surface area contributed by atoms with E-state index in [0.29, 0.717) is 33.6 Å². The molecule has 214 valence electrons. The smallest absolute Gasteiger partial charge is 0.282 e. The molecule has 0 aliphatic carbocycles. The maximum absolute atomic E-state index is 13.9. The van der Waals surface area contributed by atoms with E-state index in [2.05, 4.69) is 71.5 Å². The Balaban J connectivity index is 1.30. The molecule has 0 unspecified atom stereocenters. The molecule has 43 heavy (non-hydrogen) atoms. The lowest BCUT2D eigenvalue weighted by atomic mass is 10.2. The van der Waals surface area contributed by atoms with Crippen molar-refractivity contribution in [3.63, 3.8) is 0 Å². The number of benzene rings is 4. The van der Waals surface area contributed by atoms with Crippen molar-refractivity contribution in [3.8, 4) is 17.3 Å². The fraction of sp³-hybridized carbons (Fsp3) is 0.0323. The number of para-hydroxylation sites is 2. The van der Waals surface area contributed by atoms with Crippen LogP contribution >= 0.6 is 61.1 Å². The lowest BCUT2D eigenvalue weighted by Crippen LogP contribution is -2.21. The second kappa shape index (κ2) is 12.5. The number of carbonyl (C=O) groups excluding carboxylic acids is 1. The minimum absolute atomic E-state index is 0.0837. The number of furan rings is 1. The zero-order chi connectivity index (χ0) is 30.1. The van der Waals surface area contributed by atoms with Gasteiger partial charge in [0.15, 0.2) is 12.4 Å². The number of anilines is 1. The number of nitrogens with one attached hydrogen (secondary N) is 1. The first kappa shape index (κ1) is 29.4. The maximum Gasteiger partial charge on any atom is 0.282 e. The molecule has 8 nitrogen and oxygen atoms in total. The van der Waals surface area contributed by atoms with Crippen molar-refractivity contribution >= 4 is 101 Å². The monoisotopic (exact) mass is 862 g/mol. The van der Waals surface area contributed by atoms with Crippen molar-refractivity contribution in [2.45, 2.75) is 0 Å². The summed E-state index contributed by atoms with van der Waals surface area (Å²) in [5.41, 5.74) is 1.61. The van der Waals surface area contributed by atoms with Crippen molar-refractivity contribution in [2.75, 3.05) is 11.9 Å². The summed E-state index contributed by atoms with van der Waals surface area (Å²) in [5.74, 6) is 0.143. The molecule has 6 aromatic rings. The molecule has 12 heteroatoms. The number of halogens is 4. The molecule has 6 rings (SSSR count). The zero-order valence-electron chi connectivity index (χ0n) is 21.9. The number of fused-ring (bicyclic) bond motifs is 2. The Kier molecular flexibility index (Phi) is 8.59. The van der Waals surface area contributed by atoms with Gasteiger partial charge < -0.3 is 14.5 Å². The summed E-state index contributed by atoms with van der Waals surface area (Å²) in [4.78, 5) is 30.7. The number of hydrogen-bond acceptors (Lipinski definition) is 6. The highest BCUT2D eigenvalue weighted by atomic mass is 127. The summed E-state index contributed by atoms with van der Waals surface area (Å²) >= 11 is 7.68. The van der Waals surface area contributed by atoms with Gasteiger partial charge in [-0.3, -0.25) is 9.59 Å². The number of hydrogen-bond donors (Lipinski definition) is 1. The van der Waals surface area contributed by atoms with Gasteiger partial charge in [0.1, 0.15) is 17.1 Å². The predicted octanol–water partition coefficient (Wildman–Crippen LogP) is 7.82. The van der Waals surface area contributed by atoms with E-state index in [0.717, 1.165) is 17.0 Å². The molecule has 1 amide bonds. The van der Waals surface area contributed by atoms with Crippen molar-refractivity contribution in [3.05, 3.63) is 118 Å². The van der Waals surface area contributed by atoms with E-state index >= 15 is 0 Å². The molecular weight excluding hydrogens is 845 g/mol. The van der Waals surface area contributed by atoms with Gasteiger partial charge in [0.2, 0.25) is 5.82 Å². The SMILES string of the molecule is O=C(COc1c(I)cc(C=Nn2c(-c3cc4cc(Br)ccc4o3)nc3ccccc3c2=O)cc1I)Nc1ccccc1F. The van der Waals surface area contributed by atoms with Crippen LogP contribution in [0.3, 0.4) is 0 Å². The molecular formula is C31H18BrFI2N4O4. The van der Waals surface area contributed by atoms with Crippen LogP contribution in [-0.4, -0.2) is 28.4 Å². The Morgan fingerprint density at radius 1 is 1.05 bits per heavy atom. The number of amides is 1. The molecule has 0 spiro atoms. The van der Waals surface area contributed by atoms with Crippen LogP contribution in [0.25, 0.3) is 33.5 Å². The molecule has 0 saturated carbocycles. The van der Waals surface area contributed by atoms with Gasteiger partial charge in [0, 0.05) is 9.86 Å². The van der Waals surface area contributed by atoms with E-state index < -0.39 is 11.7 Å². The summed E-state index contributed by atoms with van der Waals surface area (Å²) in [6, 6.07) is 24.1. The van der Waals surface area contributed by atoms with Crippen LogP contribution in [0.4, 0.5) is 10.1 Å². The van der Waals surface area contributed by atoms with Gasteiger partial charge in [-0.1, -0.05) is 40.2 Å². The summed E-state index contributed by atoms with van der Waals surface area (Å²) < 4.78 is 29.3. The molecule has 0 aliphatic heterocycles. The lowest BCUT2D eigenvalue weighted by Gasteiger charge is -2.12. The Morgan fingerprint density at radius 2 is 1.79 bits per heavy atom. The normalized spacial score (nSPS) is 11.4. The Morgan fingerprint density at radius 3 is 2.58 bits per heavy atom. The number of ether oxygens (including phenoxy) is 1. The predicted molar refractivity (Wildman–Crippen MR) is 184 cm³/mol. The highest BCUT2D eigenvalue weighted by Gasteiger charge is 2.17. The molecule has 0 saturated heterocycles. The number of nitrogens with zero attached hydrogens (tertiary/aromatic N) is 3. The van der Waals surface area contributed by atoms with Gasteiger partial charge in [0.25, 0.3) is 11.5 Å². The van der Waals surface area contributed by atoms with Gasteiger partial charge in [-0.2, -0.15) is 9.78 Å². The minimum Gasteiger partial charge on any atom is -0.482 e. The van der Waals surface area contributed by atoms with Crippen molar-refractivity contribution in [1.82, 2.24) is 9.66 Å². The molecule has 0 radical (unpaired) electrons. The summed E-state index contributed by atoms with van der Waals surface area (Å²) in [6.45, 7) is -0.302. The van der Waals surface area contributed by atoms with Crippen LogP contribution < -0.4 is 15.6 Å². The van der Waals surface area contributed by atoms with Crippen LogP contribution in [0.1, 0.15) is 5.56 Å². The quantitative estimate of drug-likeness (QED) is 0.131. The van der Waals surface area contributed by atoms with Gasteiger partial charge in [-0.05, 0) is 111 Å². The Bertz CT molecular complexity index is 2110. The molecule has 0 aliphatic rings. The van der Waals surface area contributed by atoms with Crippen molar-refractivity contribution in [2.24, 2.45) is 5.10 Å². The second-order valence-electron chi connectivity index (χ2n) is 9.24. The van der Waals surface area contributed by atoms with Crippen molar-refractivity contribution < 1.29 is 18.3 Å². The summed E-state index contributed by atoms with van der Waals surface area (Å²) in [7, 11) is 0. The van der Waals surface area contributed by atoms with E-state index in [1.807, 2.05) is 42.5 Å². The fourth-order valence-corrected chi connectivity index (χ4v) is 6.82. The summed E-state index contributed by atoms with van der Waals surface area (Å²) in [5, 5.41) is 8.31. The molecule has 4 aromatic carbocycles. The van der Waals surface area contributed by atoms with E-state index in [1.54, 1.807) is 36.5 Å². The average Bonchev–Trinajstić information content (AvgIpc) is 3.40. The van der Waals surface area contributed by atoms with Gasteiger partial charge in [-0.25, -0.2) is 9.37 Å². The lowest BCUT2D eigenvalue weighted by molar-refractivity contribution is -0.118. The summed E-state index contributed by atoms with van der Waals surface area (Å²) in [6.07, 6.45) is 1.56. The van der Waals surface area contributed by atoms with Gasteiger partial charge in [-0.15, -0.1) is 0 Å².